The highest BCUT2D eigenvalue weighted by molar-refractivity contribution is 14.1. The summed E-state index contributed by atoms with van der Waals surface area (Å²) in [6.07, 6.45) is 4.45. The Morgan fingerprint density at radius 1 is 0.724 bits per heavy atom. The molecule has 0 saturated heterocycles. The van der Waals surface area contributed by atoms with Crippen LogP contribution in [-0.4, -0.2) is 31.6 Å². The molecule has 0 amide bonds. The van der Waals surface area contributed by atoms with E-state index in [9.17, 15) is 0 Å². The number of benzene rings is 3. The van der Waals surface area contributed by atoms with Gasteiger partial charge >= 0.3 is 0 Å². The summed E-state index contributed by atoms with van der Waals surface area (Å²) in [4.78, 5) is 2.62. The van der Waals surface area contributed by atoms with Gasteiger partial charge in [0, 0.05) is 16.7 Å². The average molecular weight is 499 g/mol. The van der Waals surface area contributed by atoms with Gasteiger partial charge in [-0.15, -0.1) is 0 Å². The SMILES string of the molecule is COc1ccc(I)c(CCCN(CCc2ccccc2)CCc2ccccc2)c1. The number of aryl methyl sites for hydroxylation is 1. The first-order chi connectivity index (χ1) is 14.2. The molecule has 0 saturated carbocycles. The van der Waals surface area contributed by atoms with E-state index < -0.39 is 0 Å². The van der Waals surface area contributed by atoms with Crippen molar-refractivity contribution in [1.82, 2.24) is 4.90 Å². The Balaban J connectivity index is 1.56. The minimum absolute atomic E-state index is 0.949. The standard InChI is InChI=1S/C26H30INO/c1-29-25-14-15-26(27)24(21-25)13-8-18-28(19-16-22-9-4-2-5-10-22)20-17-23-11-6-3-7-12-23/h2-7,9-12,14-15,21H,8,13,16-20H2,1H3. The maximum Gasteiger partial charge on any atom is 0.119 e. The van der Waals surface area contributed by atoms with E-state index in [2.05, 4.69) is 100 Å². The minimum Gasteiger partial charge on any atom is -0.497 e. The Bertz CT molecular complexity index is 808. The van der Waals surface area contributed by atoms with Gasteiger partial charge in [-0.3, -0.25) is 0 Å². The van der Waals surface area contributed by atoms with Gasteiger partial charge in [-0.2, -0.15) is 0 Å². The van der Waals surface area contributed by atoms with E-state index in [1.54, 1.807) is 7.11 Å². The smallest absolute Gasteiger partial charge is 0.119 e. The van der Waals surface area contributed by atoms with Gasteiger partial charge in [0.15, 0.2) is 0 Å². The number of rotatable bonds is 11. The molecule has 0 unspecified atom stereocenters. The monoisotopic (exact) mass is 499 g/mol. The van der Waals surface area contributed by atoms with Gasteiger partial charge in [0.25, 0.3) is 0 Å². The molecule has 29 heavy (non-hydrogen) atoms. The van der Waals surface area contributed by atoms with Crippen molar-refractivity contribution in [3.8, 4) is 5.75 Å². The van der Waals surface area contributed by atoms with Gasteiger partial charge in [-0.1, -0.05) is 60.7 Å². The minimum atomic E-state index is 0.949. The van der Waals surface area contributed by atoms with Crippen LogP contribution in [-0.2, 0) is 19.3 Å². The predicted molar refractivity (Wildman–Crippen MR) is 131 cm³/mol. The molecule has 0 fully saturated rings. The normalized spacial score (nSPS) is 11.0. The molecule has 0 aliphatic carbocycles. The van der Waals surface area contributed by atoms with Crippen LogP contribution in [0, 0.1) is 3.57 Å². The fourth-order valence-corrected chi connectivity index (χ4v) is 4.17. The Kier molecular flexibility index (Phi) is 9.03. The van der Waals surface area contributed by atoms with Gasteiger partial charge in [0.1, 0.15) is 5.75 Å². The summed E-state index contributed by atoms with van der Waals surface area (Å²) in [5.41, 5.74) is 4.22. The van der Waals surface area contributed by atoms with Crippen LogP contribution >= 0.6 is 22.6 Å². The first-order valence-corrected chi connectivity index (χ1v) is 11.4. The molecule has 3 aromatic carbocycles. The highest BCUT2D eigenvalue weighted by Gasteiger charge is 2.08. The van der Waals surface area contributed by atoms with Crippen molar-refractivity contribution in [1.29, 1.82) is 0 Å². The molecule has 0 radical (unpaired) electrons. The second-order valence-electron chi connectivity index (χ2n) is 7.37. The first-order valence-electron chi connectivity index (χ1n) is 10.4. The maximum absolute atomic E-state index is 5.40. The molecule has 0 aliphatic rings. The second kappa shape index (κ2) is 12.0. The van der Waals surface area contributed by atoms with E-state index in [0.29, 0.717) is 0 Å². The van der Waals surface area contributed by atoms with Gasteiger partial charge in [0.2, 0.25) is 0 Å². The molecule has 0 heterocycles. The fourth-order valence-electron chi connectivity index (χ4n) is 3.56. The Morgan fingerprint density at radius 3 is 1.86 bits per heavy atom. The lowest BCUT2D eigenvalue weighted by molar-refractivity contribution is 0.277. The van der Waals surface area contributed by atoms with E-state index in [0.717, 1.165) is 51.1 Å². The molecule has 3 rings (SSSR count). The largest absolute Gasteiger partial charge is 0.497 e. The highest BCUT2D eigenvalue weighted by atomic mass is 127. The van der Waals surface area contributed by atoms with Gasteiger partial charge in [0.05, 0.1) is 7.11 Å². The third kappa shape index (κ3) is 7.48. The zero-order valence-corrected chi connectivity index (χ0v) is 19.3. The summed E-state index contributed by atoms with van der Waals surface area (Å²) < 4.78 is 6.72. The molecule has 152 valence electrons. The van der Waals surface area contributed by atoms with Crippen LogP contribution in [0.2, 0.25) is 0 Å². The topological polar surface area (TPSA) is 12.5 Å². The predicted octanol–water partition coefficient (Wildman–Crippen LogP) is 6.02. The van der Waals surface area contributed by atoms with Crippen LogP contribution in [0.25, 0.3) is 0 Å². The summed E-state index contributed by atoms with van der Waals surface area (Å²) in [5.74, 6) is 0.949. The molecule has 3 heteroatoms. The van der Waals surface area contributed by atoms with Gasteiger partial charge in [-0.25, -0.2) is 0 Å². The molecule has 0 N–H and O–H groups in total. The third-order valence-corrected chi connectivity index (χ3v) is 6.34. The van der Waals surface area contributed by atoms with E-state index in [4.69, 9.17) is 4.74 Å². The quantitative estimate of drug-likeness (QED) is 0.299. The zero-order valence-electron chi connectivity index (χ0n) is 17.2. The molecule has 0 aliphatic heterocycles. The Labute approximate surface area is 189 Å². The Morgan fingerprint density at radius 2 is 1.31 bits per heavy atom. The molecule has 2 nitrogen and oxygen atoms in total. The Hall–Kier alpha value is -1.85. The van der Waals surface area contributed by atoms with Crippen molar-refractivity contribution in [2.45, 2.75) is 25.7 Å². The molecule has 0 spiro atoms. The van der Waals surface area contributed by atoms with Crippen LogP contribution in [0.4, 0.5) is 0 Å². The lowest BCUT2D eigenvalue weighted by atomic mass is 10.1. The van der Waals surface area contributed by atoms with Crippen molar-refractivity contribution in [3.63, 3.8) is 0 Å². The van der Waals surface area contributed by atoms with E-state index >= 15 is 0 Å². The van der Waals surface area contributed by atoms with Crippen LogP contribution in [0.15, 0.2) is 78.9 Å². The lowest BCUT2D eigenvalue weighted by Gasteiger charge is -2.23. The fraction of sp³-hybridized carbons (Fsp3) is 0.308. The van der Waals surface area contributed by atoms with E-state index in [1.807, 2.05) is 6.07 Å². The number of hydrogen-bond donors (Lipinski definition) is 0. The first kappa shape index (κ1) is 21.8. The van der Waals surface area contributed by atoms with Crippen LogP contribution < -0.4 is 4.74 Å². The molecule has 0 atom stereocenters. The van der Waals surface area contributed by atoms with Crippen molar-refractivity contribution in [2.24, 2.45) is 0 Å². The summed E-state index contributed by atoms with van der Waals surface area (Å²) in [7, 11) is 1.74. The third-order valence-electron chi connectivity index (χ3n) is 5.29. The van der Waals surface area contributed by atoms with Crippen LogP contribution in [0.1, 0.15) is 23.1 Å². The number of ether oxygens (including phenoxy) is 1. The van der Waals surface area contributed by atoms with Crippen LogP contribution in [0.5, 0.6) is 5.75 Å². The molecular weight excluding hydrogens is 469 g/mol. The van der Waals surface area contributed by atoms with Gasteiger partial charge < -0.3 is 9.64 Å². The molecule has 3 aromatic rings. The second-order valence-corrected chi connectivity index (χ2v) is 8.54. The summed E-state index contributed by atoms with van der Waals surface area (Å²) >= 11 is 2.43. The van der Waals surface area contributed by atoms with Crippen molar-refractivity contribution in [3.05, 3.63) is 99.1 Å². The number of halogens is 1. The number of nitrogens with zero attached hydrogens (tertiary/aromatic N) is 1. The zero-order chi connectivity index (χ0) is 20.3. The van der Waals surface area contributed by atoms with Crippen molar-refractivity contribution < 1.29 is 4.74 Å². The number of methoxy groups -OCH3 is 1. The number of hydrogen-bond acceptors (Lipinski definition) is 2. The highest BCUT2D eigenvalue weighted by Crippen LogP contribution is 2.21. The summed E-state index contributed by atoms with van der Waals surface area (Å²) in [6, 6.07) is 28.0. The van der Waals surface area contributed by atoms with Crippen molar-refractivity contribution >= 4 is 22.6 Å². The van der Waals surface area contributed by atoms with Gasteiger partial charge in [-0.05, 0) is 89.7 Å². The molecule has 0 aromatic heterocycles. The molecule has 0 bridgehead atoms. The average Bonchev–Trinajstić information content (AvgIpc) is 2.78. The maximum atomic E-state index is 5.40. The van der Waals surface area contributed by atoms with Crippen molar-refractivity contribution in [2.75, 3.05) is 26.7 Å². The van der Waals surface area contributed by atoms with Crippen LogP contribution in [0.3, 0.4) is 0 Å². The lowest BCUT2D eigenvalue weighted by Crippen LogP contribution is -2.30. The molecular formula is C26H30INO. The summed E-state index contributed by atoms with van der Waals surface area (Å²) in [6.45, 7) is 3.32. The van der Waals surface area contributed by atoms with E-state index in [1.165, 1.54) is 20.3 Å². The summed E-state index contributed by atoms with van der Waals surface area (Å²) in [5, 5.41) is 0. The van der Waals surface area contributed by atoms with E-state index in [-0.39, 0.29) is 0 Å².